The van der Waals surface area contributed by atoms with Crippen LogP contribution < -0.4 is 0 Å². The highest BCUT2D eigenvalue weighted by Gasteiger charge is 2.20. The molecular weight excluding hydrogens is 300 g/mol. The highest BCUT2D eigenvalue weighted by molar-refractivity contribution is 6.10. The molecule has 0 aliphatic rings. The maximum absolute atomic E-state index is 11.8. The van der Waals surface area contributed by atoms with Crippen molar-refractivity contribution in [2.45, 2.75) is 0 Å². The molecule has 0 radical (unpaired) electrons. The molecular formula is C21H14O3. The molecule has 0 aromatic heterocycles. The number of aromatic carboxylic acids is 1. The van der Waals surface area contributed by atoms with Gasteiger partial charge in [0.1, 0.15) is 11.3 Å². The molecule has 0 fully saturated rings. The van der Waals surface area contributed by atoms with Crippen molar-refractivity contribution in [1.82, 2.24) is 0 Å². The summed E-state index contributed by atoms with van der Waals surface area (Å²) in [4.78, 5) is 11.8. The van der Waals surface area contributed by atoms with Crippen molar-refractivity contribution < 1.29 is 15.0 Å². The molecule has 4 aromatic rings. The first-order chi connectivity index (χ1) is 11.7. The maximum Gasteiger partial charge on any atom is 0.340 e. The highest BCUT2D eigenvalue weighted by atomic mass is 16.4. The first-order valence-corrected chi connectivity index (χ1v) is 7.63. The van der Waals surface area contributed by atoms with Gasteiger partial charge in [-0.2, -0.15) is 0 Å². The molecule has 0 saturated carbocycles. The topological polar surface area (TPSA) is 57.5 Å². The number of hydrogen-bond donors (Lipinski definition) is 2. The monoisotopic (exact) mass is 314 g/mol. The van der Waals surface area contributed by atoms with E-state index in [0.29, 0.717) is 10.9 Å². The molecule has 116 valence electrons. The van der Waals surface area contributed by atoms with E-state index in [1.54, 1.807) is 12.1 Å². The summed E-state index contributed by atoms with van der Waals surface area (Å²) in [6.07, 6.45) is 0. The molecule has 0 spiro atoms. The van der Waals surface area contributed by atoms with Crippen LogP contribution in [0.4, 0.5) is 0 Å². The zero-order valence-corrected chi connectivity index (χ0v) is 12.7. The fraction of sp³-hybridized carbons (Fsp3) is 0. The Bertz CT molecular complexity index is 1090. The van der Waals surface area contributed by atoms with Crippen LogP contribution in [0, 0.1) is 0 Å². The second-order valence-corrected chi connectivity index (χ2v) is 5.70. The summed E-state index contributed by atoms with van der Waals surface area (Å²) < 4.78 is 0. The normalized spacial score (nSPS) is 11.0. The molecule has 0 aliphatic carbocycles. The minimum Gasteiger partial charge on any atom is -0.506 e. The van der Waals surface area contributed by atoms with E-state index in [2.05, 4.69) is 0 Å². The van der Waals surface area contributed by atoms with Gasteiger partial charge in [0.25, 0.3) is 0 Å². The number of carbonyl (C=O) groups is 1. The third-order valence-corrected chi connectivity index (χ3v) is 4.32. The molecule has 2 N–H and O–H groups in total. The smallest absolute Gasteiger partial charge is 0.340 e. The summed E-state index contributed by atoms with van der Waals surface area (Å²) in [5, 5.41) is 23.6. The Morgan fingerprint density at radius 2 is 1.33 bits per heavy atom. The van der Waals surface area contributed by atoms with Gasteiger partial charge in [-0.05, 0) is 27.8 Å². The third-order valence-electron chi connectivity index (χ3n) is 4.32. The van der Waals surface area contributed by atoms with Crippen LogP contribution in [0.3, 0.4) is 0 Å². The second kappa shape index (κ2) is 5.39. The minimum atomic E-state index is -1.14. The fourth-order valence-electron chi connectivity index (χ4n) is 3.22. The number of aromatic hydroxyl groups is 1. The van der Waals surface area contributed by atoms with E-state index in [9.17, 15) is 15.0 Å². The SMILES string of the molecule is O=C(O)c1c(-c2cccc3ccccc23)cc2ccccc2c1O. The van der Waals surface area contributed by atoms with Gasteiger partial charge in [-0.25, -0.2) is 4.79 Å². The largest absolute Gasteiger partial charge is 0.506 e. The summed E-state index contributed by atoms with van der Waals surface area (Å²) in [6.45, 7) is 0. The van der Waals surface area contributed by atoms with Crippen LogP contribution in [0.2, 0.25) is 0 Å². The molecule has 0 bridgehead atoms. The average Bonchev–Trinajstić information content (AvgIpc) is 2.61. The molecule has 0 saturated heterocycles. The van der Waals surface area contributed by atoms with Crippen LogP contribution in [-0.2, 0) is 0 Å². The average molecular weight is 314 g/mol. The molecule has 0 amide bonds. The fourth-order valence-corrected chi connectivity index (χ4v) is 3.22. The lowest BCUT2D eigenvalue weighted by Gasteiger charge is -2.13. The Morgan fingerprint density at radius 1 is 0.708 bits per heavy atom. The van der Waals surface area contributed by atoms with Gasteiger partial charge in [0.2, 0.25) is 0 Å². The summed E-state index contributed by atoms with van der Waals surface area (Å²) in [5.74, 6) is -1.33. The molecule has 0 atom stereocenters. The van der Waals surface area contributed by atoms with Crippen molar-refractivity contribution in [3.05, 3.63) is 78.4 Å². The number of hydrogen-bond acceptors (Lipinski definition) is 2. The number of rotatable bonds is 2. The van der Waals surface area contributed by atoms with E-state index in [1.165, 1.54) is 0 Å². The van der Waals surface area contributed by atoms with E-state index in [-0.39, 0.29) is 11.3 Å². The minimum absolute atomic E-state index is 0.0648. The van der Waals surface area contributed by atoms with Crippen LogP contribution in [0.25, 0.3) is 32.7 Å². The van der Waals surface area contributed by atoms with Crippen molar-refractivity contribution in [2.75, 3.05) is 0 Å². The summed E-state index contributed by atoms with van der Waals surface area (Å²) >= 11 is 0. The second-order valence-electron chi connectivity index (χ2n) is 5.70. The van der Waals surface area contributed by atoms with Gasteiger partial charge in [-0.15, -0.1) is 0 Å². The molecule has 3 nitrogen and oxygen atoms in total. The van der Waals surface area contributed by atoms with Crippen molar-refractivity contribution in [2.24, 2.45) is 0 Å². The van der Waals surface area contributed by atoms with Crippen LogP contribution in [-0.4, -0.2) is 16.2 Å². The quantitative estimate of drug-likeness (QED) is 0.543. The Balaban J connectivity index is 2.16. The van der Waals surface area contributed by atoms with E-state index in [1.807, 2.05) is 60.7 Å². The van der Waals surface area contributed by atoms with Gasteiger partial charge < -0.3 is 10.2 Å². The molecule has 0 unspecified atom stereocenters. The number of carboxylic acids is 1. The predicted octanol–water partition coefficient (Wildman–Crippen LogP) is 5.06. The van der Waals surface area contributed by atoms with Crippen molar-refractivity contribution >= 4 is 27.5 Å². The molecule has 4 rings (SSSR count). The molecule has 0 aliphatic heterocycles. The first kappa shape index (κ1) is 14.3. The Kier molecular flexibility index (Phi) is 3.21. The summed E-state index contributed by atoms with van der Waals surface area (Å²) in [7, 11) is 0. The van der Waals surface area contributed by atoms with Gasteiger partial charge in [0.15, 0.2) is 0 Å². The van der Waals surface area contributed by atoms with Gasteiger partial charge in [-0.1, -0.05) is 66.7 Å². The van der Waals surface area contributed by atoms with Gasteiger partial charge in [-0.3, -0.25) is 0 Å². The Labute approximate surface area is 138 Å². The van der Waals surface area contributed by atoms with E-state index in [4.69, 9.17) is 0 Å². The van der Waals surface area contributed by atoms with Gasteiger partial charge >= 0.3 is 5.97 Å². The molecule has 0 heterocycles. The zero-order chi connectivity index (χ0) is 16.7. The first-order valence-electron chi connectivity index (χ1n) is 7.63. The predicted molar refractivity (Wildman–Crippen MR) is 95.5 cm³/mol. The number of benzene rings is 4. The maximum atomic E-state index is 11.8. The molecule has 24 heavy (non-hydrogen) atoms. The third kappa shape index (κ3) is 2.10. The van der Waals surface area contributed by atoms with Crippen molar-refractivity contribution in [3.8, 4) is 16.9 Å². The van der Waals surface area contributed by atoms with Crippen LogP contribution in [0.15, 0.2) is 72.8 Å². The molecule has 4 aromatic carbocycles. The number of carboxylic acid groups (broad SMARTS) is 1. The standard InChI is InChI=1S/C21H14O3/c22-20-16-10-4-2-7-14(16)12-18(19(20)21(23)24)17-11-5-8-13-6-1-3-9-15(13)17/h1-12,22H,(H,23,24). The van der Waals surface area contributed by atoms with Crippen LogP contribution in [0.5, 0.6) is 5.75 Å². The number of fused-ring (bicyclic) bond motifs is 2. The summed E-state index contributed by atoms with van der Waals surface area (Å²) in [6, 6.07) is 22.7. The lowest BCUT2D eigenvalue weighted by atomic mass is 9.91. The van der Waals surface area contributed by atoms with Crippen molar-refractivity contribution in [1.29, 1.82) is 0 Å². The van der Waals surface area contributed by atoms with Crippen molar-refractivity contribution in [3.63, 3.8) is 0 Å². The van der Waals surface area contributed by atoms with Crippen LogP contribution in [0.1, 0.15) is 10.4 Å². The lowest BCUT2D eigenvalue weighted by Crippen LogP contribution is -2.01. The summed E-state index contributed by atoms with van der Waals surface area (Å²) in [5.41, 5.74) is 1.26. The molecule has 3 heteroatoms. The highest BCUT2D eigenvalue weighted by Crippen LogP contribution is 2.39. The van der Waals surface area contributed by atoms with Crippen LogP contribution >= 0.6 is 0 Å². The number of phenols is 1. The Morgan fingerprint density at radius 3 is 2.08 bits per heavy atom. The van der Waals surface area contributed by atoms with E-state index >= 15 is 0 Å². The van der Waals surface area contributed by atoms with E-state index < -0.39 is 5.97 Å². The Hall–Kier alpha value is -3.33. The van der Waals surface area contributed by atoms with E-state index in [0.717, 1.165) is 21.7 Å². The lowest BCUT2D eigenvalue weighted by molar-refractivity contribution is 0.0695. The zero-order valence-electron chi connectivity index (χ0n) is 12.7. The van der Waals surface area contributed by atoms with Gasteiger partial charge in [0.05, 0.1) is 0 Å². The van der Waals surface area contributed by atoms with Gasteiger partial charge in [0, 0.05) is 10.9 Å².